The zero-order valence-electron chi connectivity index (χ0n) is 13.9. The van der Waals surface area contributed by atoms with Crippen molar-refractivity contribution in [3.05, 3.63) is 23.3 Å². The largest absolute Gasteiger partial charge is 0.394 e. The second kappa shape index (κ2) is 10.2. The van der Waals surface area contributed by atoms with E-state index in [1.165, 1.54) is 0 Å². The summed E-state index contributed by atoms with van der Waals surface area (Å²) < 4.78 is 10.5. The normalized spacial score (nSPS) is 33.6. The quantitative estimate of drug-likeness (QED) is 0.289. The molecule has 1 fully saturated rings. The third-order valence-electron chi connectivity index (χ3n) is 3.98. The molecule has 0 saturated carbocycles. The van der Waals surface area contributed by atoms with Crippen LogP contribution in [0.4, 0.5) is 0 Å². The van der Waals surface area contributed by atoms with Gasteiger partial charge in [-0.3, -0.25) is 0 Å². The summed E-state index contributed by atoms with van der Waals surface area (Å²) >= 11 is 0. The number of ether oxygens (including phenoxy) is 2. The van der Waals surface area contributed by atoms with Crippen molar-refractivity contribution < 1.29 is 40.1 Å². The Kier molecular flexibility index (Phi) is 9.03. The van der Waals surface area contributed by atoms with Crippen molar-refractivity contribution in [3.8, 4) is 0 Å². The van der Waals surface area contributed by atoms with Gasteiger partial charge in [-0.15, -0.1) is 0 Å². The van der Waals surface area contributed by atoms with Crippen molar-refractivity contribution in [2.75, 3.05) is 19.8 Å². The van der Waals surface area contributed by atoms with E-state index < -0.39 is 43.4 Å². The number of rotatable bonds is 8. The van der Waals surface area contributed by atoms with E-state index in [0.29, 0.717) is 12.0 Å². The second-order valence-corrected chi connectivity index (χ2v) is 5.94. The molecule has 0 aromatic heterocycles. The van der Waals surface area contributed by atoms with Gasteiger partial charge in [-0.25, -0.2) is 0 Å². The molecule has 0 amide bonds. The van der Waals surface area contributed by atoms with Crippen LogP contribution >= 0.6 is 0 Å². The van der Waals surface area contributed by atoms with Crippen LogP contribution in [0.25, 0.3) is 0 Å². The van der Waals surface area contributed by atoms with Crippen LogP contribution < -0.4 is 0 Å². The summed E-state index contributed by atoms with van der Waals surface area (Å²) in [5, 5.41) is 57.1. The van der Waals surface area contributed by atoms with E-state index in [-0.39, 0.29) is 13.2 Å². The highest BCUT2D eigenvalue weighted by Gasteiger charge is 2.43. The minimum atomic E-state index is -1.48. The van der Waals surface area contributed by atoms with Crippen molar-refractivity contribution >= 4 is 0 Å². The Morgan fingerprint density at radius 2 is 1.75 bits per heavy atom. The molecule has 6 N–H and O–H groups in total. The van der Waals surface area contributed by atoms with Crippen LogP contribution in [-0.4, -0.2) is 87.3 Å². The van der Waals surface area contributed by atoms with Crippen molar-refractivity contribution in [1.82, 2.24) is 0 Å². The average molecular weight is 348 g/mol. The Labute approximate surface area is 141 Å². The van der Waals surface area contributed by atoms with Gasteiger partial charge in [0.05, 0.1) is 25.9 Å². The van der Waals surface area contributed by atoms with E-state index in [4.69, 9.17) is 19.7 Å². The number of hydrogen-bond acceptors (Lipinski definition) is 8. The van der Waals surface area contributed by atoms with Crippen molar-refractivity contribution in [2.24, 2.45) is 0 Å². The second-order valence-electron chi connectivity index (χ2n) is 5.94. The number of aliphatic hydroxyl groups excluding tert-OH is 6. The van der Waals surface area contributed by atoms with E-state index >= 15 is 0 Å². The zero-order chi connectivity index (χ0) is 18.3. The van der Waals surface area contributed by atoms with Gasteiger partial charge in [0.25, 0.3) is 0 Å². The third-order valence-corrected chi connectivity index (χ3v) is 3.98. The first-order chi connectivity index (χ1) is 11.3. The minimum Gasteiger partial charge on any atom is -0.394 e. The molecule has 0 spiro atoms. The van der Waals surface area contributed by atoms with Gasteiger partial charge in [-0.2, -0.15) is 0 Å². The molecule has 0 aliphatic carbocycles. The highest BCUT2D eigenvalue weighted by molar-refractivity contribution is 5.09. The van der Waals surface area contributed by atoms with E-state index in [2.05, 4.69) is 0 Å². The molecule has 1 rings (SSSR count). The Bertz CT molecular complexity index is 434. The molecule has 24 heavy (non-hydrogen) atoms. The Hall–Kier alpha value is -0.840. The first-order valence-electron chi connectivity index (χ1n) is 7.85. The van der Waals surface area contributed by atoms with E-state index in [1.807, 2.05) is 0 Å². The van der Waals surface area contributed by atoms with Crippen LogP contribution in [0.2, 0.25) is 0 Å². The molecular weight excluding hydrogens is 320 g/mol. The molecule has 0 aromatic rings. The standard InChI is InChI=1S/C16H28O8/c1-9(7-17)3-4-11(19)10(2)5-6-23-16-15(22)14(21)13(20)12(8-18)24-16/h3,5,11-22H,4,6-8H2,1-2H3/b9-3-,10-5-/t11-,12+,13-,14-,15+,16+/m0/s1. The van der Waals surface area contributed by atoms with E-state index in [0.717, 1.165) is 5.57 Å². The molecule has 0 bridgehead atoms. The summed E-state index contributed by atoms with van der Waals surface area (Å²) in [6.07, 6.45) is -3.60. The lowest BCUT2D eigenvalue weighted by Gasteiger charge is -2.39. The SMILES string of the molecule is C/C(=C/C[C@H](O)/C(C)=C\CO[C@@H]1O[C@H](CO)[C@H](O)[C@H](O)[C@H]1O)CO. The Morgan fingerprint density at radius 1 is 1.08 bits per heavy atom. The minimum absolute atomic E-state index is 0.00821. The fraction of sp³-hybridized carbons (Fsp3) is 0.750. The first kappa shape index (κ1) is 21.2. The maximum Gasteiger partial charge on any atom is 0.187 e. The average Bonchev–Trinajstić information content (AvgIpc) is 2.58. The lowest BCUT2D eigenvalue weighted by Crippen LogP contribution is -2.59. The lowest BCUT2D eigenvalue weighted by molar-refractivity contribution is -0.298. The van der Waals surface area contributed by atoms with Crippen molar-refractivity contribution in [2.45, 2.75) is 57.1 Å². The molecule has 8 heteroatoms. The van der Waals surface area contributed by atoms with Gasteiger partial charge in [0.2, 0.25) is 0 Å². The van der Waals surface area contributed by atoms with Crippen LogP contribution in [0.1, 0.15) is 20.3 Å². The summed E-state index contributed by atoms with van der Waals surface area (Å²) in [5.74, 6) is 0. The Balaban J connectivity index is 2.52. The lowest BCUT2D eigenvalue weighted by atomic mass is 9.99. The maximum atomic E-state index is 9.97. The maximum absolute atomic E-state index is 9.97. The summed E-state index contributed by atoms with van der Waals surface area (Å²) in [6.45, 7) is 2.90. The monoisotopic (exact) mass is 348 g/mol. The topological polar surface area (TPSA) is 140 Å². The molecule has 8 nitrogen and oxygen atoms in total. The molecule has 0 aromatic carbocycles. The van der Waals surface area contributed by atoms with Gasteiger partial charge in [0.1, 0.15) is 24.4 Å². The van der Waals surface area contributed by atoms with Crippen LogP contribution in [0.15, 0.2) is 23.3 Å². The van der Waals surface area contributed by atoms with Gasteiger partial charge in [0, 0.05) is 0 Å². The van der Waals surface area contributed by atoms with Gasteiger partial charge in [-0.05, 0) is 25.8 Å². The van der Waals surface area contributed by atoms with Gasteiger partial charge in [-0.1, -0.05) is 17.7 Å². The summed E-state index contributed by atoms with van der Waals surface area (Å²) in [7, 11) is 0. The third kappa shape index (κ3) is 5.91. The smallest absolute Gasteiger partial charge is 0.187 e. The predicted molar refractivity (Wildman–Crippen MR) is 84.9 cm³/mol. The highest BCUT2D eigenvalue weighted by atomic mass is 16.7. The summed E-state index contributed by atoms with van der Waals surface area (Å²) in [5.41, 5.74) is 1.40. The van der Waals surface area contributed by atoms with Crippen molar-refractivity contribution in [1.29, 1.82) is 0 Å². The van der Waals surface area contributed by atoms with Crippen LogP contribution in [0.3, 0.4) is 0 Å². The molecule has 0 radical (unpaired) electrons. The molecule has 1 heterocycles. The van der Waals surface area contributed by atoms with Crippen LogP contribution in [0, 0.1) is 0 Å². The van der Waals surface area contributed by atoms with E-state index in [9.17, 15) is 20.4 Å². The van der Waals surface area contributed by atoms with Crippen LogP contribution in [-0.2, 0) is 9.47 Å². The van der Waals surface area contributed by atoms with Crippen LogP contribution in [0.5, 0.6) is 0 Å². The zero-order valence-corrected chi connectivity index (χ0v) is 13.9. The Morgan fingerprint density at radius 3 is 2.33 bits per heavy atom. The molecular formula is C16H28O8. The number of aliphatic hydroxyl groups is 6. The molecule has 1 aliphatic rings. The van der Waals surface area contributed by atoms with Crippen molar-refractivity contribution in [3.63, 3.8) is 0 Å². The molecule has 1 aliphatic heterocycles. The fourth-order valence-corrected chi connectivity index (χ4v) is 2.18. The molecule has 140 valence electrons. The predicted octanol–water partition coefficient (Wildman–Crippen LogP) is -1.56. The highest BCUT2D eigenvalue weighted by Crippen LogP contribution is 2.22. The van der Waals surface area contributed by atoms with Gasteiger partial charge < -0.3 is 40.1 Å². The number of hydrogen-bond donors (Lipinski definition) is 6. The van der Waals surface area contributed by atoms with Gasteiger partial charge in [0.15, 0.2) is 6.29 Å². The summed E-state index contributed by atoms with van der Waals surface area (Å²) in [6, 6.07) is 0. The molecule has 6 atom stereocenters. The molecule has 0 unspecified atom stereocenters. The summed E-state index contributed by atoms with van der Waals surface area (Å²) in [4.78, 5) is 0. The first-order valence-corrected chi connectivity index (χ1v) is 7.85. The van der Waals surface area contributed by atoms with Gasteiger partial charge >= 0.3 is 0 Å². The molecule has 1 saturated heterocycles. The van der Waals surface area contributed by atoms with E-state index in [1.54, 1.807) is 26.0 Å². The fourth-order valence-electron chi connectivity index (χ4n) is 2.18.